The molecule has 0 spiro atoms. The molecule has 1 amide bonds. The van der Waals surface area contributed by atoms with Crippen LogP contribution in [0.3, 0.4) is 0 Å². The lowest BCUT2D eigenvalue weighted by molar-refractivity contribution is 0.0218. The molecule has 0 saturated carbocycles. The minimum Gasteiger partial charge on any atom is -0.444 e. The third-order valence-corrected chi connectivity index (χ3v) is 7.10. The third kappa shape index (κ3) is 5.41. The largest absolute Gasteiger partial charge is 0.444 e. The molecule has 0 radical (unpaired) electrons. The van der Waals surface area contributed by atoms with Gasteiger partial charge in [-0.15, -0.1) is 0 Å². The smallest absolute Gasteiger partial charge is 0.410 e. The SMILES string of the molecule is Cc1cccc(C(C)C)c1-n1c(=O)nc(N2CCN(C(=O)OC(C)(C)C)CC2C)c2cc(Cl)c(Cl)nc21. The zero-order valence-corrected chi connectivity index (χ0v) is 23.8. The van der Waals surface area contributed by atoms with Crippen LogP contribution in [0.25, 0.3) is 16.7 Å². The lowest BCUT2D eigenvalue weighted by Gasteiger charge is -2.41. The van der Waals surface area contributed by atoms with E-state index < -0.39 is 11.3 Å². The molecule has 198 valence electrons. The first-order valence-corrected chi connectivity index (χ1v) is 13.2. The molecule has 3 aromatic rings. The van der Waals surface area contributed by atoms with Crippen molar-refractivity contribution in [3.05, 3.63) is 56.1 Å². The minimum absolute atomic E-state index is 0.113. The first kappa shape index (κ1) is 27.2. The van der Waals surface area contributed by atoms with Crippen LogP contribution in [0.15, 0.2) is 29.1 Å². The number of carbonyl (C=O) groups is 1. The number of para-hydroxylation sites is 1. The fourth-order valence-corrected chi connectivity index (χ4v) is 5.01. The lowest BCUT2D eigenvalue weighted by Crippen LogP contribution is -2.55. The standard InChI is InChI=1S/C27H33Cl2N5O3/c1-15(2)18-10-8-9-16(3)21(18)34-24-19(13-20(28)22(29)30-24)23(31-25(34)35)33-12-11-32(14-17(33)4)26(36)37-27(5,6)7/h8-10,13,15,17H,11-12,14H2,1-7H3. The number of piperazine rings is 1. The van der Waals surface area contributed by atoms with Gasteiger partial charge >= 0.3 is 11.8 Å². The van der Waals surface area contributed by atoms with E-state index in [1.54, 1.807) is 11.0 Å². The highest BCUT2D eigenvalue weighted by Gasteiger charge is 2.32. The van der Waals surface area contributed by atoms with E-state index in [1.807, 2.05) is 57.7 Å². The molecule has 37 heavy (non-hydrogen) atoms. The fraction of sp³-hybridized carbons (Fsp3) is 0.481. The molecule has 10 heteroatoms. The molecule has 1 unspecified atom stereocenters. The van der Waals surface area contributed by atoms with Crippen molar-refractivity contribution in [3.8, 4) is 5.69 Å². The van der Waals surface area contributed by atoms with Gasteiger partial charge in [0, 0.05) is 25.7 Å². The van der Waals surface area contributed by atoms with Crippen molar-refractivity contribution in [3.63, 3.8) is 0 Å². The highest BCUT2D eigenvalue weighted by molar-refractivity contribution is 6.41. The number of anilines is 1. The van der Waals surface area contributed by atoms with Crippen LogP contribution in [0.4, 0.5) is 10.6 Å². The molecule has 4 rings (SSSR count). The zero-order valence-electron chi connectivity index (χ0n) is 22.3. The average Bonchev–Trinajstić information content (AvgIpc) is 2.79. The van der Waals surface area contributed by atoms with Crippen molar-refractivity contribution in [2.24, 2.45) is 0 Å². The number of amides is 1. The number of aryl methyl sites for hydroxylation is 1. The van der Waals surface area contributed by atoms with Gasteiger partial charge in [-0.1, -0.05) is 55.2 Å². The Hall–Kier alpha value is -2.84. The molecule has 0 N–H and O–H groups in total. The maximum Gasteiger partial charge on any atom is 0.410 e. The summed E-state index contributed by atoms with van der Waals surface area (Å²) < 4.78 is 7.08. The van der Waals surface area contributed by atoms with Crippen molar-refractivity contribution in [2.75, 3.05) is 24.5 Å². The molecule has 1 atom stereocenters. The van der Waals surface area contributed by atoms with E-state index in [-0.39, 0.29) is 28.2 Å². The molecule has 1 aliphatic rings. The van der Waals surface area contributed by atoms with Crippen molar-refractivity contribution in [1.29, 1.82) is 0 Å². The van der Waals surface area contributed by atoms with Gasteiger partial charge < -0.3 is 14.5 Å². The summed E-state index contributed by atoms with van der Waals surface area (Å²) in [5.74, 6) is 0.638. The van der Waals surface area contributed by atoms with Gasteiger partial charge in [0.15, 0.2) is 5.65 Å². The molecule has 0 bridgehead atoms. The van der Waals surface area contributed by atoms with Gasteiger partial charge in [0.05, 0.1) is 16.1 Å². The number of fused-ring (bicyclic) bond motifs is 1. The number of carbonyl (C=O) groups excluding carboxylic acids is 1. The van der Waals surface area contributed by atoms with Gasteiger partial charge in [-0.2, -0.15) is 4.98 Å². The number of hydrogen-bond acceptors (Lipinski definition) is 6. The Kier molecular flexibility index (Phi) is 7.45. The van der Waals surface area contributed by atoms with E-state index in [0.29, 0.717) is 36.5 Å². The first-order chi connectivity index (χ1) is 17.3. The topological polar surface area (TPSA) is 80.6 Å². The Balaban J connectivity index is 1.85. The van der Waals surface area contributed by atoms with Crippen molar-refractivity contribution < 1.29 is 9.53 Å². The Morgan fingerprint density at radius 3 is 2.49 bits per heavy atom. The van der Waals surface area contributed by atoms with Gasteiger partial charge in [0.1, 0.15) is 16.6 Å². The molecule has 8 nitrogen and oxygen atoms in total. The average molecular weight is 546 g/mol. The maximum absolute atomic E-state index is 13.7. The number of nitrogens with zero attached hydrogens (tertiary/aromatic N) is 5. The fourth-order valence-electron chi connectivity index (χ4n) is 4.72. The molecule has 1 aliphatic heterocycles. The van der Waals surface area contributed by atoms with Crippen molar-refractivity contribution in [2.45, 2.75) is 66.0 Å². The van der Waals surface area contributed by atoms with E-state index in [2.05, 4.69) is 23.8 Å². The van der Waals surface area contributed by atoms with E-state index in [4.69, 9.17) is 27.9 Å². The summed E-state index contributed by atoms with van der Waals surface area (Å²) in [5, 5.41) is 1.00. The van der Waals surface area contributed by atoms with E-state index in [0.717, 1.165) is 16.8 Å². The molecule has 3 heterocycles. The van der Waals surface area contributed by atoms with Gasteiger partial charge in [0.2, 0.25) is 0 Å². The number of aromatic nitrogens is 3. The summed E-state index contributed by atoms with van der Waals surface area (Å²) in [5.41, 5.74) is 2.04. The normalized spacial score (nSPS) is 16.5. The molecule has 1 aromatic carbocycles. The van der Waals surface area contributed by atoms with Gasteiger partial charge in [-0.05, 0) is 57.7 Å². The van der Waals surface area contributed by atoms with Crippen LogP contribution < -0.4 is 10.6 Å². The number of rotatable bonds is 3. The summed E-state index contributed by atoms with van der Waals surface area (Å²) in [6.07, 6.45) is -0.357. The van der Waals surface area contributed by atoms with Gasteiger partial charge in [0.25, 0.3) is 0 Å². The monoisotopic (exact) mass is 545 g/mol. The lowest BCUT2D eigenvalue weighted by atomic mass is 9.98. The highest BCUT2D eigenvalue weighted by Crippen LogP contribution is 2.34. The second-order valence-corrected chi connectivity index (χ2v) is 11.6. The molecule has 0 aliphatic carbocycles. The Bertz CT molecular complexity index is 1410. The van der Waals surface area contributed by atoms with Crippen LogP contribution in [-0.4, -0.2) is 56.8 Å². The molecule has 1 fully saturated rings. The van der Waals surface area contributed by atoms with Crippen LogP contribution in [0.2, 0.25) is 10.2 Å². The second-order valence-electron chi connectivity index (χ2n) is 10.8. The molecular weight excluding hydrogens is 513 g/mol. The second kappa shape index (κ2) is 10.1. The number of halogens is 2. The summed E-state index contributed by atoms with van der Waals surface area (Å²) in [4.78, 5) is 39.1. The Labute approximate surface area is 227 Å². The van der Waals surface area contributed by atoms with E-state index >= 15 is 0 Å². The zero-order chi connectivity index (χ0) is 27.2. The number of ether oxygens (including phenoxy) is 1. The van der Waals surface area contributed by atoms with Crippen LogP contribution in [0.5, 0.6) is 0 Å². The predicted octanol–water partition coefficient (Wildman–Crippen LogP) is 5.96. The molecule has 1 saturated heterocycles. The molecular formula is C27H33Cl2N5O3. The predicted molar refractivity (Wildman–Crippen MR) is 149 cm³/mol. The number of benzene rings is 1. The summed E-state index contributed by atoms with van der Waals surface area (Å²) in [6.45, 7) is 15.0. The first-order valence-electron chi connectivity index (χ1n) is 12.4. The maximum atomic E-state index is 13.7. The van der Waals surface area contributed by atoms with Crippen molar-refractivity contribution >= 4 is 46.1 Å². The number of pyridine rings is 1. The Morgan fingerprint density at radius 1 is 1.16 bits per heavy atom. The Morgan fingerprint density at radius 2 is 1.86 bits per heavy atom. The third-order valence-electron chi connectivity index (χ3n) is 6.42. The summed E-state index contributed by atoms with van der Waals surface area (Å²) in [7, 11) is 0. The van der Waals surface area contributed by atoms with Gasteiger partial charge in [-0.25, -0.2) is 19.1 Å². The summed E-state index contributed by atoms with van der Waals surface area (Å²) in [6, 6.07) is 7.53. The highest BCUT2D eigenvalue weighted by atomic mass is 35.5. The van der Waals surface area contributed by atoms with Gasteiger partial charge in [-0.3, -0.25) is 0 Å². The quantitative estimate of drug-likeness (QED) is 0.377. The van der Waals surface area contributed by atoms with Crippen LogP contribution in [0.1, 0.15) is 58.6 Å². The summed E-state index contributed by atoms with van der Waals surface area (Å²) >= 11 is 12.8. The van der Waals surface area contributed by atoms with E-state index in [9.17, 15) is 9.59 Å². The van der Waals surface area contributed by atoms with Crippen LogP contribution in [-0.2, 0) is 4.74 Å². The van der Waals surface area contributed by atoms with E-state index in [1.165, 1.54) is 4.57 Å². The van der Waals surface area contributed by atoms with Crippen LogP contribution >= 0.6 is 23.2 Å². The van der Waals surface area contributed by atoms with Crippen molar-refractivity contribution in [1.82, 2.24) is 19.4 Å². The number of hydrogen-bond donors (Lipinski definition) is 0. The van der Waals surface area contributed by atoms with Crippen LogP contribution in [0, 0.1) is 6.92 Å². The molecule has 2 aromatic heterocycles. The minimum atomic E-state index is -0.578.